The van der Waals surface area contributed by atoms with Crippen molar-refractivity contribution in [3.63, 3.8) is 0 Å². The summed E-state index contributed by atoms with van der Waals surface area (Å²) in [5, 5.41) is 2.09. The van der Waals surface area contributed by atoms with Gasteiger partial charge in [0.15, 0.2) is 0 Å². The number of carbonyl (C=O) groups is 3. The maximum Gasteiger partial charge on any atom is 0.234 e. The lowest BCUT2D eigenvalue weighted by molar-refractivity contribution is -0.134. The van der Waals surface area contributed by atoms with Gasteiger partial charge in [-0.2, -0.15) is 0 Å². The molecule has 3 rings (SSSR count). The number of hydrogen-bond acceptors (Lipinski definition) is 3. The number of benzene rings is 1. The van der Waals surface area contributed by atoms with E-state index in [1.54, 1.807) is 6.92 Å². The van der Waals surface area contributed by atoms with Crippen LogP contribution in [-0.2, 0) is 14.4 Å². The number of rotatable bonds is 2. The molecule has 23 heavy (non-hydrogen) atoms. The molecular formula is C16H16F2N2O3. The van der Waals surface area contributed by atoms with Crippen LogP contribution >= 0.6 is 0 Å². The summed E-state index contributed by atoms with van der Waals surface area (Å²) in [5.74, 6) is -4.26. The fourth-order valence-corrected chi connectivity index (χ4v) is 3.11. The number of carbonyl (C=O) groups excluding carboxylic acids is 3. The zero-order valence-electron chi connectivity index (χ0n) is 12.6. The monoisotopic (exact) mass is 322 g/mol. The van der Waals surface area contributed by atoms with Gasteiger partial charge in [-0.25, -0.2) is 8.78 Å². The predicted octanol–water partition coefficient (Wildman–Crippen LogP) is 1.86. The average Bonchev–Trinajstić information content (AvgIpc) is 2.80. The van der Waals surface area contributed by atoms with Gasteiger partial charge in [-0.3, -0.25) is 19.7 Å². The van der Waals surface area contributed by atoms with Crippen LogP contribution in [0.3, 0.4) is 0 Å². The van der Waals surface area contributed by atoms with Crippen LogP contribution in [0.1, 0.15) is 37.7 Å². The molecule has 0 saturated carbocycles. The Labute approximate surface area is 131 Å². The molecule has 2 fully saturated rings. The molecule has 0 bridgehead atoms. The van der Waals surface area contributed by atoms with Crippen LogP contribution < -0.4 is 10.2 Å². The van der Waals surface area contributed by atoms with E-state index in [0.29, 0.717) is 13.0 Å². The number of amides is 3. The highest BCUT2D eigenvalue weighted by Crippen LogP contribution is 2.33. The second kappa shape index (κ2) is 5.72. The third kappa shape index (κ3) is 2.71. The standard InChI is InChI=1S/C16H16F2N2O3/c1-8-4-5-20(16(8)23)9-6-11(17)14(12(18)7-9)10-2-3-13(21)19-15(10)22/h6-8,10H,2-5H2,1H3,(H,19,21,22). The number of imide groups is 1. The van der Waals surface area contributed by atoms with Crippen molar-refractivity contribution in [2.24, 2.45) is 5.92 Å². The molecule has 2 aliphatic heterocycles. The number of nitrogens with one attached hydrogen (secondary N) is 1. The number of anilines is 1. The second-order valence-corrected chi connectivity index (χ2v) is 6.01. The minimum absolute atomic E-state index is 0.0408. The molecule has 1 N–H and O–H groups in total. The summed E-state index contributed by atoms with van der Waals surface area (Å²) < 4.78 is 28.8. The zero-order chi connectivity index (χ0) is 16.7. The van der Waals surface area contributed by atoms with E-state index in [2.05, 4.69) is 5.32 Å². The van der Waals surface area contributed by atoms with Crippen LogP contribution in [0.25, 0.3) is 0 Å². The largest absolute Gasteiger partial charge is 0.312 e. The first-order valence-electron chi connectivity index (χ1n) is 7.52. The Hall–Kier alpha value is -2.31. The Balaban J connectivity index is 1.94. The van der Waals surface area contributed by atoms with Crippen LogP contribution in [0.2, 0.25) is 0 Å². The van der Waals surface area contributed by atoms with E-state index >= 15 is 0 Å². The van der Waals surface area contributed by atoms with E-state index in [0.717, 1.165) is 12.1 Å². The lowest BCUT2D eigenvalue weighted by Crippen LogP contribution is -2.40. The average molecular weight is 322 g/mol. The summed E-state index contributed by atoms with van der Waals surface area (Å²) in [4.78, 5) is 36.3. The van der Waals surface area contributed by atoms with Crippen molar-refractivity contribution in [1.82, 2.24) is 5.32 Å². The van der Waals surface area contributed by atoms with Crippen LogP contribution in [0.15, 0.2) is 12.1 Å². The lowest BCUT2D eigenvalue weighted by atomic mass is 9.89. The van der Waals surface area contributed by atoms with Gasteiger partial charge < -0.3 is 4.90 Å². The lowest BCUT2D eigenvalue weighted by Gasteiger charge is -2.23. The van der Waals surface area contributed by atoms with Gasteiger partial charge in [0, 0.05) is 30.1 Å². The highest BCUT2D eigenvalue weighted by atomic mass is 19.1. The fourth-order valence-electron chi connectivity index (χ4n) is 3.11. The summed E-state index contributed by atoms with van der Waals surface area (Å²) in [6.45, 7) is 2.18. The number of halogens is 2. The maximum atomic E-state index is 14.4. The van der Waals surface area contributed by atoms with E-state index in [1.165, 1.54) is 4.90 Å². The van der Waals surface area contributed by atoms with E-state index in [9.17, 15) is 23.2 Å². The van der Waals surface area contributed by atoms with Crippen molar-refractivity contribution in [2.45, 2.75) is 32.1 Å². The molecule has 2 aliphatic rings. The molecule has 0 radical (unpaired) electrons. The predicted molar refractivity (Wildman–Crippen MR) is 77.6 cm³/mol. The molecule has 2 saturated heterocycles. The van der Waals surface area contributed by atoms with Crippen molar-refractivity contribution >= 4 is 23.4 Å². The van der Waals surface area contributed by atoms with Gasteiger partial charge in [0.1, 0.15) is 11.6 Å². The van der Waals surface area contributed by atoms with Crippen LogP contribution in [0.5, 0.6) is 0 Å². The normalized spacial score (nSPS) is 25.0. The van der Waals surface area contributed by atoms with Gasteiger partial charge in [0.25, 0.3) is 0 Å². The molecule has 0 aromatic heterocycles. The van der Waals surface area contributed by atoms with Gasteiger partial charge in [0.2, 0.25) is 17.7 Å². The first-order valence-corrected chi connectivity index (χ1v) is 7.52. The molecule has 2 heterocycles. The summed E-state index contributed by atoms with van der Waals surface area (Å²) in [5.41, 5.74) is -0.191. The van der Waals surface area contributed by atoms with Crippen LogP contribution in [0, 0.1) is 17.6 Å². The molecule has 2 unspecified atom stereocenters. The van der Waals surface area contributed by atoms with Gasteiger partial charge in [-0.05, 0) is 25.0 Å². The summed E-state index contributed by atoms with van der Waals surface area (Å²) in [6, 6.07) is 2.16. The highest BCUT2D eigenvalue weighted by molar-refractivity contribution is 6.01. The molecule has 122 valence electrons. The highest BCUT2D eigenvalue weighted by Gasteiger charge is 2.34. The van der Waals surface area contributed by atoms with Crippen LogP contribution in [-0.4, -0.2) is 24.3 Å². The number of piperidine rings is 1. The maximum absolute atomic E-state index is 14.4. The molecule has 2 atom stereocenters. The topological polar surface area (TPSA) is 66.5 Å². The van der Waals surface area contributed by atoms with E-state index < -0.39 is 29.4 Å². The number of nitrogens with zero attached hydrogens (tertiary/aromatic N) is 1. The molecule has 0 spiro atoms. The molecule has 1 aromatic carbocycles. The van der Waals surface area contributed by atoms with E-state index in [1.807, 2.05) is 0 Å². The molecule has 5 nitrogen and oxygen atoms in total. The van der Waals surface area contributed by atoms with Gasteiger partial charge in [-0.1, -0.05) is 6.92 Å². The molecular weight excluding hydrogens is 306 g/mol. The summed E-state index contributed by atoms with van der Waals surface area (Å²) >= 11 is 0. The quantitative estimate of drug-likeness (QED) is 0.845. The summed E-state index contributed by atoms with van der Waals surface area (Å²) in [6.07, 6.45) is 0.744. The van der Waals surface area contributed by atoms with Crippen LogP contribution in [0.4, 0.5) is 14.5 Å². The Morgan fingerprint density at radius 2 is 1.78 bits per heavy atom. The number of hydrogen-bond donors (Lipinski definition) is 1. The van der Waals surface area contributed by atoms with Crippen molar-refractivity contribution in [1.29, 1.82) is 0 Å². The van der Waals surface area contributed by atoms with Gasteiger partial charge in [0.05, 0.1) is 5.92 Å². The summed E-state index contributed by atoms with van der Waals surface area (Å²) in [7, 11) is 0. The smallest absolute Gasteiger partial charge is 0.234 e. The van der Waals surface area contributed by atoms with Crippen molar-refractivity contribution in [3.8, 4) is 0 Å². The third-order valence-corrected chi connectivity index (χ3v) is 4.44. The first-order chi connectivity index (χ1) is 10.9. The van der Waals surface area contributed by atoms with Crippen molar-refractivity contribution in [2.75, 3.05) is 11.4 Å². The molecule has 7 heteroatoms. The minimum Gasteiger partial charge on any atom is -0.312 e. The minimum atomic E-state index is -1.03. The Morgan fingerprint density at radius 1 is 1.13 bits per heavy atom. The van der Waals surface area contributed by atoms with E-state index in [-0.39, 0.29) is 35.9 Å². The van der Waals surface area contributed by atoms with E-state index in [4.69, 9.17) is 0 Å². The third-order valence-electron chi connectivity index (χ3n) is 4.44. The molecule has 3 amide bonds. The zero-order valence-corrected chi connectivity index (χ0v) is 12.6. The Morgan fingerprint density at radius 3 is 2.30 bits per heavy atom. The van der Waals surface area contributed by atoms with Gasteiger partial charge >= 0.3 is 0 Å². The fraction of sp³-hybridized carbons (Fsp3) is 0.438. The SMILES string of the molecule is CC1CCN(c2cc(F)c(C3CCC(=O)NC3=O)c(F)c2)C1=O. The van der Waals surface area contributed by atoms with Crippen molar-refractivity contribution < 1.29 is 23.2 Å². The first kappa shape index (κ1) is 15.6. The van der Waals surface area contributed by atoms with Crippen molar-refractivity contribution in [3.05, 3.63) is 29.3 Å². The second-order valence-electron chi connectivity index (χ2n) is 6.01. The Bertz CT molecular complexity index is 682. The Kier molecular flexibility index (Phi) is 3.87. The van der Waals surface area contributed by atoms with Gasteiger partial charge in [-0.15, -0.1) is 0 Å². The molecule has 0 aliphatic carbocycles. The molecule has 1 aromatic rings.